The van der Waals surface area contributed by atoms with Gasteiger partial charge in [0.15, 0.2) is 12.0 Å². The number of benzene rings is 1. The maximum Gasteiger partial charge on any atom is 0.284 e. The van der Waals surface area contributed by atoms with Crippen LogP contribution in [-0.4, -0.2) is 46.6 Å². The summed E-state index contributed by atoms with van der Waals surface area (Å²) in [5, 5.41) is 0.311. The number of fused-ring (bicyclic) bond motifs is 6. The van der Waals surface area contributed by atoms with Crippen molar-refractivity contribution in [3.8, 4) is 0 Å². The van der Waals surface area contributed by atoms with Crippen LogP contribution in [0.3, 0.4) is 0 Å². The van der Waals surface area contributed by atoms with Crippen molar-refractivity contribution < 1.29 is 22.6 Å². The van der Waals surface area contributed by atoms with Crippen LogP contribution in [0.1, 0.15) is 25.6 Å². The summed E-state index contributed by atoms with van der Waals surface area (Å²) in [7, 11) is -3.96. The Morgan fingerprint density at radius 1 is 1.19 bits per heavy atom. The molecule has 2 saturated heterocycles. The Morgan fingerprint density at radius 2 is 1.91 bits per heavy atom. The van der Waals surface area contributed by atoms with E-state index in [-0.39, 0.29) is 28.7 Å². The predicted octanol–water partition coefficient (Wildman–Crippen LogP) is 2.52. The van der Waals surface area contributed by atoms with Crippen LogP contribution < -0.4 is 5.49 Å². The molecule has 2 bridgehead atoms. The largest absolute Gasteiger partial charge is 0.347 e. The molecule has 3 aliphatic heterocycles. The van der Waals surface area contributed by atoms with E-state index in [4.69, 9.17) is 25.8 Å². The summed E-state index contributed by atoms with van der Waals surface area (Å²) in [5.74, 6) is -0.740. The second-order valence-corrected chi connectivity index (χ2v) is 10.8. The van der Waals surface area contributed by atoms with Crippen molar-refractivity contribution in [3.63, 3.8) is 0 Å². The summed E-state index contributed by atoms with van der Waals surface area (Å²) in [6, 6.07) is 8.09. The van der Waals surface area contributed by atoms with Gasteiger partial charge in [-0.05, 0) is 32.9 Å². The molecule has 5 heterocycles. The Labute approximate surface area is 189 Å². The van der Waals surface area contributed by atoms with E-state index >= 15 is 0 Å². The molecule has 0 amide bonds. The Balaban J connectivity index is 1.56. The first-order chi connectivity index (χ1) is 15.1. The summed E-state index contributed by atoms with van der Waals surface area (Å²) in [6.45, 7) is 5.95. The molecule has 0 saturated carbocycles. The minimum Gasteiger partial charge on any atom is -0.347 e. The minimum absolute atomic E-state index is 0.112. The highest BCUT2D eigenvalue weighted by molar-refractivity contribution is 7.90. The second kappa shape index (κ2) is 6.64. The highest BCUT2D eigenvalue weighted by atomic mass is 35.5. The van der Waals surface area contributed by atoms with Crippen LogP contribution in [0, 0.1) is 6.92 Å². The van der Waals surface area contributed by atoms with E-state index in [1.807, 2.05) is 25.3 Å². The summed E-state index contributed by atoms with van der Waals surface area (Å²) in [4.78, 5) is 4.56. The highest BCUT2D eigenvalue weighted by Crippen LogP contribution is 2.45. The zero-order valence-electron chi connectivity index (χ0n) is 17.6. The van der Waals surface area contributed by atoms with Crippen molar-refractivity contribution in [2.45, 2.75) is 62.5 Å². The van der Waals surface area contributed by atoms with E-state index < -0.39 is 22.0 Å². The van der Waals surface area contributed by atoms with Gasteiger partial charge in [0.05, 0.1) is 22.8 Å². The molecular weight excluding hydrogens is 456 g/mol. The molecule has 0 aliphatic carbocycles. The van der Waals surface area contributed by atoms with Crippen LogP contribution in [0.4, 0.5) is 0 Å². The number of aryl methyl sites for hydroxylation is 1. The van der Waals surface area contributed by atoms with Gasteiger partial charge in [-0.1, -0.05) is 29.3 Å². The SMILES string of the molecule is Cc1ccc(S(=O)(=O)N=c2cc(Cl)c3ncn4c3n2C[C@H]2O[C@@H]4[C@@H]3OC(C)(C)O[C@@H]32)cc1. The number of hydrogen-bond donors (Lipinski definition) is 0. The van der Waals surface area contributed by atoms with Crippen molar-refractivity contribution >= 4 is 32.8 Å². The topological polar surface area (TPSA) is 96.9 Å². The molecule has 0 unspecified atom stereocenters. The van der Waals surface area contributed by atoms with Crippen molar-refractivity contribution in [1.82, 2.24) is 14.1 Å². The lowest BCUT2D eigenvalue weighted by Gasteiger charge is -2.23. The molecule has 6 rings (SSSR count). The standard InChI is InChI=1S/C21H21ClN4O5S/c1-11-4-6-12(7-5-11)32(27,28)24-15-8-13(22)16-19-25(15)9-14-17-18(31-21(2,3)30-17)20(29-14)26(19)10-23-16/h4-8,10,14,17-18,20H,9H2,1-3H3/t14-,17-,18-,20-/m1/s1. The molecule has 32 heavy (non-hydrogen) atoms. The predicted molar refractivity (Wildman–Crippen MR) is 114 cm³/mol. The van der Waals surface area contributed by atoms with Crippen LogP contribution in [0.5, 0.6) is 0 Å². The number of ether oxygens (including phenoxy) is 3. The lowest BCUT2D eigenvalue weighted by atomic mass is 10.1. The monoisotopic (exact) mass is 476 g/mol. The van der Waals surface area contributed by atoms with E-state index in [1.54, 1.807) is 35.2 Å². The first kappa shape index (κ1) is 20.4. The number of sulfonamides is 1. The van der Waals surface area contributed by atoms with Gasteiger partial charge < -0.3 is 18.8 Å². The van der Waals surface area contributed by atoms with Gasteiger partial charge in [0.25, 0.3) is 10.0 Å². The van der Waals surface area contributed by atoms with Gasteiger partial charge in [-0.15, -0.1) is 4.40 Å². The van der Waals surface area contributed by atoms with E-state index in [1.165, 1.54) is 6.07 Å². The van der Waals surface area contributed by atoms with E-state index in [0.29, 0.717) is 22.7 Å². The Bertz CT molecular complexity index is 1430. The quantitative estimate of drug-likeness (QED) is 0.563. The van der Waals surface area contributed by atoms with Gasteiger partial charge in [0, 0.05) is 6.07 Å². The molecule has 0 spiro atoms. The average Bonchev–Trinajstić information content (AvgIpc) is 3.33. The van der Waals surface area contributed by atoms with Gasteiger partial charge in [-0.2, -0.15) is 8.42 Å². The molecule has 1 aromatic carbocycles. The lowest BCUT2D eigenvalue weighted by Crippen LogP contribution is -2.37. The van der Waals surface area contributed by atoms with Crippen molar-refractivity contribution in [3.05, 3.63) is 52.7 Å². The first-order valence-corrected chi connectivity index (χ1v) is 12.1. The van der Waals surface area contributed by atoms with E-state index in [9.17, 15) is 8.42 Å². The second-order valence-electron chi connectivity index (χ2n) is 8.79. The average molecular weight is 477 g/mol. The molecule has 2 aromatic heterocycles. The lowest BCUT2D eigenvalue weighted by molar-refractivity contribution is -0.196. The van der Waals surface area contributed by atoms with Crippen molar-refractivity contribution in [2.75, 3.05) is 0 Å². The fourth-order valence-electron chi connectivity index (χ4n) is 4.70. The number of imidazole rings is 1. The van der Waals surface area contributed by atoms with Gasteiger partial charge in [0.2, 0.25) is 0 Å². The number of aromatic nitrogens is 3. The normalized spacial score (nSPS) is 28.8. The van der Waals surface area contributed by atoms with Gasteiger partial charge >= 0.3 is 0 Å². The minimum atomic E-state index is -3.96. The summed E-state index contributed by atoms with van der Waals surface area (Å²) < 4.78 is 52.4. The van der Waals surface area contributed by atoms with Gasteiger partial charge in [-0.25, -0.2) is 4.98 Å². The molecule has 11 heteroatoms. The summed E-state index contributed by atoms with van der Waals surface area (Å²) in [5.41, 5.74) is 2.34. The molecule has 9 nitrogen and oxygen atoms in total. The first-order valence-electron chi connectivity index (χ1n) is 10.3. The van der Waals surface area contributed by atoms with Gasteiger partial charge in [0.1, 0.15) is 35.0 Å². The van der Waals surface area contributed by atoms with E-state index in [0.717, 1.165) is 5.56 Å². The molecule has 4 atom stereocenters. The Hall–Kier alpha value is -2.24. The van der Waals surface area contributed by atoms with Crippen LogP contribution in [-0.2, 0) is 30.8 Å². The third-order valence-electron chi connectivity index (χ3n) is 6.08. The fraction of sp³-hybridized carbons (Fsp3) is 0.429. The molecule has 168 valence electrons. The Kier molecular flexibility index (Phi) is 4.23. The van der Waals surface area contributed by atoms with E-state index in [2.05, 4.69) is 9.38 Å². The fourth-order valence-corrected chi connectivity index (χ4v) is 5.91. The number of hydrogen-bond acceptors (Lipinski definition) is 6. The third-order valence-corrected chi connectivity index (χ3v) is 7.66. The van der Waals surface area contributed by atoms with Crippen LogP contribution in [0.15, 0.2) is 46.0 Å². The highest BCUT2D eigenvalue weighted by Gasteiger charge is 2.57. The molecule has 0 N–H and O–H groups in total. The molecule has 0 radical (unpaired) electrons. The van der Waals surface area contributed by atoms with Crippen molar-refractivity contribution in [1.29, 1.82) is 0 Å². The number of halogens is 1. The van der Waals surface area contributed by atoms with Crippen LogP contribution >= 0.6 is 11.6 Å². The van der Waals surface area contributed by atoms with Crippen LogP contribution in [0.2, 0.25) is 5.02 Å². The summed E-state index contributed by atoms with van der Waals surface area (Å²) in [6.07, 6.45) is 0.208. The number of rotatable bonds is 2. The Morgan fingerprint density at radius 3 is 2.66 bits per heavy atom. The smallest absolute Gasteiger partial charge is 0.284 e. The molecule has 2 fully saturated rings. The maximum absolute atomic E-state index is 13.1. The van der Waals surface area contributed by atoms with Gasteiger partial charge in [-0.3, -0.25) is 4.57 Å². The molecule has 3 aliphatic rings. The summed E-state index contributed by atoms with van der Waals surface area (Å²) >= 11 is 6.50. The zero-order valence-corrected chi connectivity index (χ0v) is 19.2. The molecular formula is C21H21ClN4O5S. The third kappa shape index (κ3) is 2.97. The van der Waals surface area contributed by atoms with Crippen LogP contribution in [0.25, 0.3) is 11.2 Å². The maximum atomic E-state index is 13.1. The zero-order chi connectivity index (χ0) is 22.4. The number of nitrogens with zero attached hydrogens (tertiary/aromatic N) is 4. The van der Waals surface area contributed by atoms with Crippen molar-refractivity contribution in [2.24, 2.45) is 4.40 Å². The number of pyridine rings is 1. The molecule has 3 aromatic rings.